The number of nitrogens with one attached hydrogen (secondary N) is 2. The van der Waals surface area contributed by atoms with Gasteiger partial charge in [-0.25, -0.2) is 0 Å². The van der Waals surface area contributed by atoms with Crippen LogP contribution in [0.1, 0.15) is 59.3 Å². The molecule has 1 aliphatic rings. The van der Waals surface area contributed by atoms with E-state index in [0.717, 1.165) is 13.1 Å². The highest BCUT2D eigenvalue weighted by Crippen LogP contribution is 2.27. The summed E-state index contributed by atoms with van der Waals surface area (Å²) in [5, 5.41) is 7.19. The van der Waals surface area contributed by atoms with Crippen molar-refractivity contribution in [1.82, 2.24) is 10.6 Å². The van der Waals surface area contributed by atoms with Crippen molar-refractivity contribution < 1.29 is 0 Å². The molecule has 2 heteroatoms. The first kappa shape index (κ1) is 13.0. The molecule has 1 rings (SSSR count). The summed E-state index contributed by atoms with van der Waals surface area (Å²) < 4.78 is 0. The molecule has 15 heavy (non-hydrogen) atoms. The first-order valence-corrected chi connectivity index (χ1v) is 6.61. The molecule has 1 fully saturated rings. The van der Waals surface area contributed by atoms with Crippen LogP contribution in [-0.4, -0.2) is 24.7 Å². The van der Waals surface area contributed by atoms with E-state index in [4.69, 9.17) is 0 Å². The van der Waals surface area contributed by atoms with E-state index >= 15 is 0 Å². The smallest absolute Gasteiger partial charge is 0.0153 e. The third-order valence-corrected chi connectivity index (χ3v) is 3.42. The SMILES string of the molecule is CC(C)NCCCNC1(C)CCCCC1. The van der Waals surface area contributed by atoms with Gasteiger partial charge in [0, 0.05) is 11.6 Å². The predicted octanol–water partition coefficient (Wildman–Crippen LogP) is 2.69. The number of rotatable bonds is 6. The minimum Gasteiger partial charge on any atom is -0.314 e. The van der Waals surface area contributed by atoms with Crippen molar-refractivity contribution in [3.63, 3.8) is 0 Å². The Balaban J connectivity index is 2.03. The molecule has 0 amide bonds. The summed E-state index contributed by atoms with van der Waals surface area (Å²) in [6.45, 7) is 9.10. The van der Waals surface area contributed by atoms with Crippen molar-refractivity contribution >= 4 is 0 Å². The maximum atomic E-state index is 3.73. The highest BCUT2D eigenvalue weighted by atomic mass is 15.0. The summed E-state index contributed by atoms with van der Waals surface area (Å²) in [5.41, 5.74) is 0.441. The topological polar surface area (TPSA) is 24.1 Å². The van der Waals surface area contributed by atoms with Crippen LogP contribution >= 0.6 is 0 Å². The second-order valence-electron chi connectivity index (χ2n) is 5.51. The van der Waals surface area contributed by atoms with Crippen molar-refractivity contribution in [2.45, 2.75) is 70.9 Å². The van der Waals surface area contributed by atoms with E-state index in [-0.39, 0.29) is 0 Å². The number of hydrogen-bond donors (Lipinski definition) is 2. The summed E-state index contributed by atoms with van der Waals surface area (Å²) in [5.74, 6) is 0. The molecule has 0 aromatic rings. The third-order valence-electron chi connectivity index (χ3n) is 3.42. The first-order chi connectivity index (χ1) is 7.12. The second-order valence-corrected chi connectivity index (χ2v) is 5.51. The normalized spacial score (nSPS) is 20.8. The van der Waals surface area contributed by atoms with E-state index in [0.29, 0.717) is 11.6 Å². The minimum absolute atomic E-state index is 0.441. The van der Waals surface area contributed by atoms with Gasteiger partial charge in [-0.05, 0) is 39.3 Å². The molecular weight excluding hydrogens is 184 g/mol. The second kappa shape index (κ2) is 6.49. The van der Waals surface area contributed by atoms with E-state index in [1.807, 2.05) is 0 Å². The summed E-state index contributed by atoms with van der Waals surface area (Å²) >= 11 is 0. The molecule has 0 spiro atoms. The minimum atomic E-state index is 0.441. The molecule has 1 aliphatic carbocycles. The van der Waals surface area contributed by atoms with Gasteiger partial charge < -0.3 is 10.6 Å². The Bertz CT molecular complexity index is 160. The van der Waals surface area contributed by atoms with E-state index in [9.17, 15) is 0 Å². The lowest BCUT2D eigenvalue weighted by Gasteiger charge is -2.34. The lowest BCUT2D eigenvalue weighted by Crippen LogP contribution is -2.44. The fourth-order valence-corrected chi connectivity index (χ4v) is 2.38. The van der Waals surface area contributed by atoms with E-state index in [2.05, 4.69) is 31.4 Å². The maximum Gasteiger partial charge on any atom is 0.0153 e. The maximum absolute atomic E-state index is 3.73. The highest BCUT2D eigenvalue weighted by molar-refractivity contribution is 4.85. The van der Waals surface area contributed by atoms with Gasteiger partial charge in [0.2, 0.25) is 0 Å². The zero-order valence-corrected chi connectivity index (χ0v) is 10.7. The van der Waals surface area contributed by atoms with Crippen LogP contribution in [0.2, 0.25) is 0 Å². The van der Waals surface area contributed by atoms with E-state index < -0.39 is 0 Å². The lowest BCUT2D eigenvalue weighted by atomic mass is 9.83. The van der Waals surface area contributed by atoms with Crippen LogP contribution < -0.4 is 10.6 Å². The summed E-state index contributed by atoms with van der Waals surface area (Å²) in [7, 11) is 0. The average molecular weight is 212 g/mol. The van der Waals surface area contributed by atoms with Gasteiger partial charge in [-0.1, -0.05) is 33.1 Å². The van der Waals surface area contributed by atoms with Crippen molar-refractivity contribution in [3.8, 4) is 0 Å². The van der Waals surface area contributed by atoms with Gasteiger partial charge >= 0.3 is 0 Å². The summed E-state index contributed by atoms with van der Waals surface area (Å²) in [6.07, 6.45) is 8.23. The molecule has 2 nitrogen and oxygen atoms in total. The molecule has 1 saturated carbocycles. The molecular formula is C13H28N2. The third kappa shape index (κ3) is 5.53. The molecule has 90 valence electrons. The van der Waals surface area contributed by atoms with Gasteiger partial charge in [-0.3, -0.25) is 0 Å². The Hall–Kier alpha value is -0.0800. The molecule has 2 N–H and O–H groups in total. The van der Waals surface area contributed by atoms with Crippen molar-refractivity contribution in [2.24, 2.45) is 0 Å². The van der Waals surface area contributed by atoms with E-state index in [1.54, 1.807) is 0 Å². The molecule has 0 radical (unpaired) electrons. The standard InChI is InChI=1S/C13H28N2/c1-12(2)14-10-7-11-15-13(3)8-5-4-6-9-13/h12,14-15H,4-11H2,1-3H3. The highest BCUT2D eigenvalue weighted by Gasteiger charge is 2.25. The van der Waals surface area contributed by atoms with Gasteiger partial charge in [0.1, 0.15) is 0 Å². The molecule has 0 aromatic heterocycles. The van der Waals surface area contributed by atoms with Crippen LogP contribution in [-0.2, 0) is 0 Å². The van der Waals surface area contributed by atoms with Crippen molar-refractivity contribution in [2.75, 3.05) is 13.1 Å². The van der Waals surface area contributed by atoms with Crippen LogP contribution in [0.5, 0.6) is 0 Å². The number of hydrogen-bond acceptors (Lipinski definition) is 2. The van der Waals surface area contributed by atoms with Crippen LogP contribution in [0.4, 0.5) is 0 Å². The van der Waals surface area contributed by atoms with Gasteiger partial charge in [-0.15, -0.1) is 0 Å². The molecule has 0 heterocycles. The molecule has 0 saturated heterocycles. The van der Waals surface area contributed by atoms with Crippen LogP contribution in [0.15, 0.2) is 0 Å². The quantitative estimate of drug-likeness (QED) is 0.662. The molecule has 0 atom stereocenters. The average Bonchev–Trinajstić information content (AvgIpc) is 2.17. The Labute approximate surface area is 95.2 Å². The van der Waals surface area contributed by atoms with Gasteiger partial charge in [0.05, 0.1) is 0 Å². The van der Waals surface area contributed by atoms with Gasteiger partial charge in [0.25, 0.3) is 0 Å². The largest absolute Gasteiger partial charge is 0.314 e. The zero-order chi connectivity index (χ0) is 11.1. The van der Waals surface area contributed by atoms with E-state index in [1.165, 1.54) is 38.5 Å². The fraction of sp³-hybridized carbons (Fsp3) is 1.00. The molecule has 0 aromatic carbocycles. The lowest BCUT2D eigenvalue weighted by molar-refractivity contribution is 0.253. The van der Waals surface area contributed by atoms with Crippen LogP contribution in [0, 0.1) is 0 Å². The Morgan fingerprint density at radius 2 is 1.73 bits per heavy atom. The summed E-state index contributed by atoms with van der Waals surface area (Å²) in [6, 6.07) is 0.621. The Morgan fingerprint density at radius 3 is 2.33 bits per heavy atom. The van der Waals surface area contributed by atoms with Crippen LogP contribution in [0.3, 0.4) is 0 Å². The Kier molecular flexibility index (Phi) is 5.62. The van der Waals surface area contributed by atoms with Gasteiger partial charge in [0.15, 0.2) is 0 Å². The Morgan fingerprint density at radius 1 is 1.07 bits per heavy atom. The molecule has 0 bridgehead atoms. The van der Waals surface area contributed by atoms with Gasteiger partial charge in [-0.2, -0.15) is 0 Å². The zero-order valence-electron chi connectivity index (χ0n) is 10.7. The van der Waals surface area contributed by atoms with Crippen LogP contribution in [0.25, 0.3) is 0 Å². The monoisotopic (exact) mass is 212 g/mol. The molecule has 0 unspecified atom stereocenters. The molecule has 0 aliphatic heterocycles. The fourth-order valence-electron chi connectivity index (χ4n) is 2.38. The first-order valence-electron chi connectivity index (χ1n) is 6.61. The summed E-state index contributed by atoms with van der Waals surface area (Å²) in [4.78, 5) is 0. The van der Waals surface area contributed by atoms with Crippen molar-refractivity contribution in [3.05, 3.63) is 0 Å². The predicted molar refractivity (Wildman–Crippen MR) is 67.2 cm³/mol. The van der Waals surface area contributed by atoms with Crippen molar-refractivity contribution in [1.29, 1.82) is 0 Å².